The number of fused-ring (bicyclic) bond motifs is 1. The van der Waals surface area contributed by atoms with E-state index in [0.717, 1.165) is 24.0 Å². The molecule has 0 aliphatic rings. The maximum atomic E-state index is 11.4. The van der Waals surface area contributed by atoms with E-state index in [1.165, 1.54) is 4.57 Å². The van der Waals surface area contributed by atoms with Gasteiger partial charge in [-0.2, -0.15) is 0 Å². The summed E-state index contributed by atoms with van der Waals surface area (Å²) in [5.74, 6) is -0.330. The molecule has 0 saturated heterocycles. The Morgan fingerprint density at radius 3 is 2.84 bits per heavy atom. The molecule has 2 aromatic rings. The molecule has 104 valence electrons. The first-order valence-electron chi connectivity index (χ1n) is 6.46. The maximum absolute atomic E-state index is 11.4. The minimum Gasteiger partial charge on any atom is -0.408 e. The molecular formula is C14H21N3O2. The van der Waals surface area contributed by atoms with Crippen molar-refractivity contribution in [2.75, 3.05) is 6.54 Å². The SMILES string of the molecule is Cn1c(=O)oc2ccc(CNC(C)(C)CCN)cc21. The highest BCUT2D eigenvalue weighted by Crippen LogP contribution is 2.15. The van der Waals surface area contributed by atoms with E-state index >= 15 is 0 Å². The molecule has 0 aliphatic heterocycles. The largest absolute Gasteiger partial charge is 0.419 e. The molecule has 5 heteroatoms. The van der Waals surface area contributed by atoms with E-state index in [4.69, 9.17) is 10.2 Å². The molecule has 0 fully saturated rings. The number of aryl methyl sites for hydroxylation is 1. The van der Waals surface area contributed by atoms with Gasteiger partial charge in [0.2, 0.25) is 0 Å². The predicted molar refractivity (Wildman–Crippen MR) is 76.0 cm³/mol. The number of nitrogens with zero attached hydrogens (tertiary/aromatic N) is 1. The number of hydrogen-bond acceptors (Lipinski definition) is 4. The summed E-state index contributed by atoms with van der Waals surface area (Å²) < 4.78 is 6.63. The topological polar surface area (TPSA) is 73.2 Å². The Hall–Kier alpha value is -1.59. The summed E-state index contributed by atoms with van der Waals surface area (Å²) in [6.45, 7) is 5.66. The second kappa shape index (κ2) is 5.19. The van der Waals surface area contributed by atoms with Crippen LogP contribution in [0.4, 0.5) is 0 Å². The lowest BCUT2D eigenvalue weighted by atomic mass is 10.0. The van der Waals surface area contributed by atoms with Crippen molar-refractivity contribution in [3.63, 3.8) is 0 Å². The van der Waals surface area contributed by atoms with E-state index in [1.54, 1.807) is 7.05 Å². The molecule has 0 bridgehead atoms. The van der Waals surface area contributed by atoms with E-state index in [2.05, 4.69) is 19.2 Å². The van der Waals surface area contributed by atoms with Gasteiger partial charge < -0.3 is 15.5 Å². The third-order valence-electron chi connectivity index (χ3n) is 3.40. The van der Waals surface area contributed by atoms with Crippen LogP contribution in [-0.2, 0) is 13.6 Å². The summed E-state index contributed by atoms with van der Waals surface area (Å²) in [7, 11) is 1.71. The second-order valence-electron chi connectivity index (χ2n) is 5.51. The molecule has 0 atom stereocenters. The van der Waals surface area contributed by atoms with Crippen LogP contribution in [0.15, 0.2) is 27.4 Å². The average molecular weight is 263 g/mol. The van der Waals surface area contributed by atoms with Crippen molar-refractivity contribution in [3.8, 4) is 0 Å². The van der Waals surface area contributed by atoms with Crippen LogP contribution in [0, 0.1) is 0 Å². The van der Waals surface area contributed by atoms with Crippen molar-refractivity contribution in [1.29, 1.82) is 0 Å². The Labute approximate surface area is 112 Å². The lowest BCUT2D eigenvalue weighted by Gasteiger charge is -2.25. The first kappa shape index (κ1) is 13.8. The molecule has 1 aromatic heterocycles. The Morgan fingerprint density at radius 1 is 1.42 bits per heavy atom. The molecular weight excluding hydrogens is 242 g/mol. The van der Waals surface area contributed by atoms with Gasteiger partial charge in [0, 0.05) is 19.1 Å². The molecule has 0 saturated carbocycles. The lowest BCUT2D eigenvalue weighted by Crippen LogP contribution is -2.40. The van der Waals surface area contributed by atoms with E-state index < -0.39 is 0 Å². The highest BCUT2D eigenvalue weighted by atomic mass is 16.4. The summed E-state index contributed by atoms with van der Waals surface area (Å²) in [4.78, 5) is 11.4. The zero-order valence-corrected chi connectivity index (χ0v) is 11.7. The van der Waals surface area contributed by atoms with Crippen molar-refractivity contribution in [1.82, 2.24) is 9.88 Å². The molecule has 0 spiro atoms. The minimum absolute atomic E-state index is 0.00594. The Balaban J connectivity index is 2.18. The molecule has 0 unspecified atom stereocenters. The number of hydrogen-bond donors (Lipinski definition) is 2. The summed E-state index contributed by atoms with van der Waals surface area (Å²) in [6, 6.07) is 5.78. The van der Waals surface area contributed by atoms with Gasteiger partial charge in [0.15, 0.2) is 5.58 Å². The number of rotatable bonds is 5. The molecule has 3 N–H and O–H groups in total. The van der Waals surface area contributed by atoms with Crippen LogP contribution in [-0.4, -0.2) is 16.7 Å². The van der Waals surface area contributed by atoms with Crippen LogP contribution in [0.3, 0.4) is 0 Å². The van der Waals surface area contributed by atoms with E-state index in [9.17, 15) is 4.79 Å². The number of aromatic nitrogens is 1. The minimum atomic E-state index is -0.330. The van der Waals surface area contributed by atoms with Crippen molar-refractivity contribution >= 4 is 11.1 Å². The standard InChI is InChI=1S/C14H21N3O2/c1-14(2,6-7-15)16-9-10-4-5-12-11(8-10)17(3)13(18)19-12/h4-5,8,16H,6-7,9,15H2,1-3H3. The van der Waals surface area contributed by atoms with Gasteiger partial charge >= 0.3 is 5.76 Å². The molecule has 0 radical (unpaired) electrons. The molecule has 2 rings (SSSR count). The van der Waals surface area contributed by atoms with Gasteiger partial charge in [-0.05, 0) is 44.5 Å². The van der Waals surface area contributed by atoms with E-state index in [1.807, 2.05) is 18.2 Å². The fourth-order valence-corrected chi connectivity index (χ4v) is 2.07. The van der Waals surface area contributed by atoms with Crippen LogP contribution in [0.5, 0.6) is 0 Å². The molecule has 1 aromatic carbocycles. The smallest absolute Gasteiger partial charge is 0.408 e. The van der Waals surface area contributed by atoms with Crippen LogP contribution in [0.2, 0.25) is 0 Å². The quantitative estimate of drug-likeness (QED) is 0.854. The van der Waals surface area contributed by atoms with E-state index in [0.29, 0.717) is 12.1 Å². The second-order valence-corrected chi connectivity index (χ2v) is 5.51. The van der Waals surface area contributed by atoms with Crippen molar-refractivity contribution in [3.05, 3.63) is 34.3 Å². The number of nitrogens with one attached hydrogen (secondary N) is 1. The fraction of sp³-hybridized carbons (Fsp3) is 0.500. The van der Waals surface area contributed by atoms with Crippen LogP contribution < -0.4 is 16.8 Å². The van der Waals surface area contributed by atoms with Gasteiger partial charge in [-0.3, -0.25) is 4.57 Å². The van der Waals surface area contributed by atoms with Crippen molar-refractivity contribution < 1.29 is 4.42 Å². The number of nitrogens with two attached hydrogens (primary N) is 1. The third-order valence-corrected chi connectivity index (χ3v) is 3.40. The fourth-order valence-electron chi connectivity index (χ4n) is 2.07. The Morgan fingerprint density at radius 2 is 2.16 bits per heavy atom. The lowest BCUT2D eigenvalue weighted by molar-refractivity contribution is 0.365. The molecule has 0 amide bonds. The highest BCUT2D eigenvalue weighted by molar-refractivity contribution is 5.73. The van der Waals surface area contributed by atoms with Crippen LogP contribution in [0.25, 0.3) is 11.1 Å². The van der Waals surface area contributed by atoms with Gasteiger partial charge in [0.05, 0.1) is 5.52 Å². The summed E-state index contributed by atoms with van der Waals surface area (Å²) in [6.07, 6.45) is 0.916. The predicted octanol–water partition coefficient (Wildman–Crippen LogP) is 1.35. The highest BCUT2D eigenvalue weighted by Gasteiger charge is 2.15. The van der Waals surface area contributed by atoms with Gasteiger partial charge in [0.1, 0.15) is 0 Å². The summed E-state index contributed by atoms with van der Waals surface area (Å²) >= 11 is 0. The van der Waals surface area contributed by atoms with Crippen LogP contribution >= 0.6 is 0 Å². The van der Waals surface area contributed by atoms with Gasteiger partial charge in [-0.15, -0.1) is 0 Å². The summed E-state index contributed by atoms with van der Waals surface area (Å²) in [5, 5.41) is 3.47. The first-order chi connectivity index (χ1) is 8.93. The molecule has 0 aliphatic carbocycles. The number of oxazole rings is 1. The maximum Gasteiger partial charge on any atom is 0.419 e. The zero-order chi connectivity index (χ0) is 14.0. The molecule has 1 heterocycles. The van der Waals surface area contributed by atoms with E-state index in [-0.39, 0.29) is 11.3 Å². The third kappa shape index (κ3) is 3.05. The van der Waals surface area contributed by atoms with Gasteiger partial charge in [-0.1, -0.05) is 6.07 Å². The Kier molecular flexibility index (Phi) is 3.78. The first-order valence-corrected chi connectivity index (χ1v) is 6.46. The van der Waals surface area contributed by atoms with Crippen molar-refractivity contribution in [2.24, 2.45) is 12.8 Å². The molecule has 19 heavy (non-hydrogen) atoms. The van der Waals surface area contributed by atoms with Gasteiger partial charge in [-0.25, -0.2) is 4.79 Å². The zero-order valence-electron chi connectivity index (χ0n) is 11.7. The normalized spacial score (nSPS) is 12.2. The van der Waals surface area contributed by atoms with Crippen molar-refractivity contribution in [2.45, 2.75) is 32.4 Å². The van der Waals surface area contributed by atoms with Gasteiger partial charge in [0.25, 0.3) is 0 Å². The molecule has 5 nitrogen and oxygen atoms in total. The number of benzene rings is 1. The monoisotopic (exact) mass is 263 g/mol. The van der Waals surface area contributed by atoms with Crippen LogP contribution in [0.1, 0.15) is 25.8 Å². The Bertz CT molecular complexity index is 625. The average Bonchev–Trinajstić information content (AvgIpc) is 2.63. The summed E-state index contributed by atoms with van der Waals surface area (Å²) in [5.41, 5.74) is 8.16.